The molecule has 0 radical (unpaired) electrons. The number of anilines is 1. The number of hydrogen-bond donors (Lipinski definition) is 1. The third-order valence-electron chi connectivity index (χ3n) is 5.63. The molecule has 0 spiro atoms. The Balaban J connectivity index is 1.81. The highest BCUT2D eigenvalue weighted by Gasteiger charge is 2.34. The van der Waals surface area contributed by atoms with Gasteiger partial charge >= 0.3 is 0 Å². The summed E-state index contributed by atoms with van der Waals surface area (Å²) < 4.78 is 11.3. The van der Waals surface area contributed by atoms with E-state index < -0.39 is 6.04 Å². The summed E-state index contributed by atoms with van der Waals surface area (Å²) in [6.45, 7) is 9.14. The van der Waals surface area contributed by atoms with Crippen molar-refractivity contribution in [2.45, 2.75) is 53.1 Å². The second-order valence-electron chi connectivity index (χ2n) is 8.21. The number of aryl methyl sites for hydroxylation is 2. The van der Waals surface area contributed by atoms with E-state index in [9.17, 15) is 14.4 Å². The highest BCUT2D eigenvalue weighted by atomic mass is 16.5. The number of ether oxygens (including phenoxy) is 2. The Kier molecular flexibility index (Phi) is 7.18. The van der Waals surface area contributed by atoms with Gasteiger partial charge in [0, 0.05) is 11.6 Å². The Bertz CT molecular complexity index is 1030. The number of nitrogens with zero attached hydrogens (tertiary/aromatic N) is 1. The first-order valence-electron chi connectivity index (χ1n) is 10.8. The molecule has 7 nitrogen and oxygen atoms in total. The van der Waals surface area contributed by atoms with E-state index in [4.69, 9.17) is 9.47 Å². The first kappa shape index (κ1) is 23.3. The molecule has 0 bridgehead atoms. The number of rotatable bonds is 8. The molecular formula is C25H30N2O5. The van der Waals surface area contributed by atoms with Crippen LogP contribution < -0.4 is 19.7 Å². The predicted molar refractivity (Wildman–Crippen MR) is 123 cm³/mol. The number of fused-ring (bicyclic) bond motifs is 1. The largest absolute Gasteiger partial charge is 0.485 e. The molecule has 1 N–H and O–H groups in total. The van der Waals surface area contributed by atoms with E-state index >= 15 is 0 Å². The van der Waals surface area contributed by atoms with E-state index in [2.05, 4.69) is 5.32 Å². The number of benzene rings is 2. The van der Waals surface area contributed by atoms with Gasteiger partial charge in [-0.05, 0) is 69.5 Å². The zero-order valence-electron chi connectivity index (χ0n) is 19.2. The van der Waals surface area contributed by atoms with Crippen LogP contribution in [-0.4, -0.2) is 42.9 Å². The number of carbonyl (C=O) groups excluding carboxylic acids is 3. The summed E-state index contributed by atoms with van der Waals surface area (Å²) in [7, 11) is 0. The van der Waals surface area contributed by atoms with Gasteiger partial charge < -0.3 is 14.8 Å². The Labute approximate surface area is 188 Å². The average molecular weight is 439 g/mol. The SMILES string of the molecule is CCC(C)NC(=O)C(C)N1C(=O)COc2ccc(C(=O)COc3cc(C)ccc3C)cc21. The molecule has 0 saturated heterocycles. The Morgan fingerprint density at radius 2 is 1.91 bits per heavy atom. The summed E-state index contributed by atoms with van der Waals surface area (Å²) in [6, 6.07) is 9.96. The lowest BCUT2D eigenvalue weighted by Gasteiger charge is -2.34. The van der Waals surface area contributed by atoms with Crippen molar-refractivity contribution in [1.82, 2.24) is 5.32 Å². The van der Waals surface area contributed by atoms with Crippen molar-refractivity contribution < 1.29 is 23.9 Å². The van der Waals surface area contributed by atoms with Crippen molar-refractivity contribution in [1.29, 1.82) is 0 Å². The lowest BCUT2D eigenvalue weighted by molar-refractivity contribution is -0.127. The molecular weight excluding hydrogens is 408 g/mol. The molecule has 170 valence electrons. The minimum atomic E-state index is -0.740. The second kappa shape index (κ2) is 9.85. The highest BCUT2D eigenvalue weighted by molar-refractivity contribution is 6.05. The topological polar surface area (TPSA) is 84.9 Å². The zero-order chi connectivity index (χ0) is 23.4. The molecule has 0 fully saturated rings. The lowest BCUT2D eigenvalue weighted by Crippen LogP contribution is -2.52. The zero-order valence-corrected chi connectivity index (χ0v) is 19.2. The molecule has 2 atom stereocenters. The molecule has 2 aromatic rings. The fourth-order valence-corrected chi connectivity index (χ4v) is 3.44. The molecule has 1 aliphatic heterocycles. The quantitative estimate of drug-likeness (QED) is 0.637. The lowest BCUT2D eigenvalue weighted by atomic mass is 10.1. The van der Waals surface area contributed by atoms with Crippen molar-refractivity contribution in [3.63, 3.8) is 0 Å². The van der Waals surface area contributed by atoms with Crippen LogP contribution in [0.15, 0.2) is 36.4 Å². The third kappa shape index (κ3) is 5.10. The van der Waals surface area contributed by atoms with Gasteiger partial charge in [0.2, 0.25) is 5.91 Å². The fraction of sp³-hybridized carbons (Fsp3) is 0.400. The minimum Gasteiger partial charge on any atom is -0.485 e. The summed E-state index contributed by atoms with van der Waals surface area (Å²) >= 11 is 0. The standard InChI is InChI=1S/C25H30N2O5/c1-6-17(4)26-25(30)18(5)27-20-12-19(9-10-22(20)32-14-24(27)29)21(28)13-31-23-11-15(2)7-8-16(23)3/h7-12,17-18H,6,13-14H2,1-5H3,(H,26,30). The van der Waals surface area contributed by atoms with Gasteiger partial charge in [0.05, 0.1) is 5.69 Å². The summed E-state index contributed by atoms with van der Waals surface area (Å²) in [4.78, 5) is 39.5. The van der Waals surface area contributed by atoms with Crippen molar-refractivity contribution >= 4 is 23.3 Å². The molecule has 32 heavy (non-hydrogen) atoms. The van der Waals surface area contributed by atoms with Crippen molar-refractivity contribution in [2.24, 2.45) is 0 Å². The average Bonchev–Trinajstić information content (AvgIpc) is 2.78. The summed E-state index contributed by atoms with van der Waals surface area (Å²) in [5, 5.41) is 2.90. The van der Waals surface area contributed by atoms with Gasteiger partial charge in [0.25, 0.3) is 5.91 Å². The second-order valence-corrected chi connectivity index (χ2v) is 8.21. The maximum atomic E-state index is 12.8. The van der Waals surface area contributed by atoms with E-state index in [1.54, 1.807) is 25.1 Å². The van der Waals surface area contributed by atoms with Crippen LogP contribution in [0.25, 0.3) is 0 Å². The number of nitrogens with one attached hydrogen (secondary N) is 1. The Morgan fingerprint density at radius 1 is 1.16 bits per heavy atom. The van der Waals surface area contributed by atoms with E-state index in [-0.39, 0.29) is 36.9 Å². The number of ketones is 1. The third-order valence-corrected chi connectivity index (χ3v) is 5.63. The highest BCUT2D eigenvalue weighted by Crippen LogP contribution is 2.34. The van der Waals surface area contributed by atoms with E-state index in [0.717, 1.165) is 17.5 Å². The monoisotopic (exact) mass is 438 g/mol. The van der Waals surface area contributed by atoms with Crippen LogP contribution in [0.2, 0.25) is 0 Å². The number of carbonyl (C=O) groups is 3. The van der Waals surface area contributed by atoms with Gasteiger partial charge in [0.15, 0.2) is 19.0 Å². The smallest absolute Gasteiger partial charge is 0.265 e. The predicted octanol–water partition coefficient (Wildman–Crippen LogP) is 3.59. The molecule has 3 rings (SSSR count). The number of amides is 2. The molecule has 2 unspecified atom stereocenters. The van der Waals surface area contributed by atoms with Gasteiger partial charge in [-0.15, -0.1) is 0 Å². The molecule has 0 aliphatic carbocycles. The molecule has 1 heterocycles. The summed E-state index contributed by atoms with van der Waals surface area (Å²) in [6.07, 6.45) is 0.783. The minimum absolute atomic E-state index is 0.00398. The van der Waals surface area contributed by atoms with Crippen molar-refractivity contribution in [3.8, 4) is 11.5 Å². The maximum absolute atomic E-state index is 12.8. The molecule has 7 heteroatoms. The van der Waals surface area contributed by atoms with Crippen LogP contribution in [0.4, 0.5) is 5.69 Å². The first-order chi connectivity index (χ1) is 15.2. The Hall–Kier alpha value is -3.35. The van der Waals surface area contributed by atoms with Crippen LogP contribution in [0.1, 0.15) is 48.7 Å². The van der Waals surface area contributed by atoms with E-state index in [1.807, 2.05) is 45.9 Å². The molecule has 2 amide bonds. The number of hydrogen-bond acceptors (Lipinski definition) is 5. The normalized spacial score (nSPS) is 14.8. The van der Waals surface area contributed by atoms with Crippen LogP contribution in [-0.2, 0) is 9.59 Å². The molecule has 2 aromatic carbocycles. The van der Waals surface area contributed by atoms with Gasteiger partial charge in [-0.25, -0.2) is 0 Å². The van der Waals surface area contributed by atoms with Gasteiger partial charge in [-0.2, -0.15) is 0 Å². The van der Waals surface area contributed by atoms with Crippen LogP contribution in [0.5, 0.6) is 11.5 Å². The van der Waals surface area contributed by atoms with Gasteiger partial charge in [-0.3, -0.25) is 19.3 Å². The molecule has 1 aliphatic rings. The fourth-order valence-electron chi connectivity index (χ4n) is 3.44. The maximum Gasteiger partial charge on any atom is 0.265 e. The van der Waals surface area contributed by atoms with Crippen molar-refractivity contribution in [2.75, 3.05) is 18.1 Å². The summed E-state index contributed by atoms with van der Waals surface area (Å²) in [5.41, 5.74) is 2.78. The van der Waals surface area contributed by atoms with Crippen LogP contribution in [0, 0.1) is 13.8 Å². The summed E-state index contributed by atoms with van der Waals surface area (Å²) in [5.74, 6) is 0.297. The number of Topliss-reactive ketones (excluding diaryl/α,β-unsaturated/α-hetero) is 1. The van der Waals surface area contributed by atoms with E-state index in [1.165, 1.54) is 4.90 Å². The van der Waals surface area contributed by atoms with Crippen LogP contribution in [0.3, 0.4) is 0 Å². The Morgan fingerprint density at radius 3 is 2.62 bits per heavy atom. The molecule has 0 aromatic heterocycles. The van der Waals surface area contributed by atoms with E-state index in [0.29, 0.717) is 22.7 Å². The van der Waals surface area contributed by atoms with Gasteiger partial charge in [0.1, 0.15) is 17.5 Å². The van der Waals surface area contributed by atoms with Crippen LogP contribution >= 0.6 is 0 Å². The first-order valence-corrected chi connectivity index (χ1v) is 10.8. The molecule has 0 saturated carbocycles. The van der Waals surface area contributed by atoms with Crippen molar-refractivity contribution in [3.05, 3.63) is 53.1 Å². The van der Waals surface area contributed by atoms with Gasteiger partial charge in [-0.1, -0.05) is 19.1 Å².